The highest BCUT2D eigenvalue weighted by Gasteiger charge is 2.10. The zero-order valence-corrected chi connectivity index (χ0v) is 9.63. The Bertz CT molecular complexity index is 431. The Balaban J connectivity index is 2.93. The van der Waals surface area contributed by atoms with Gasteiger partial charge in [0.25, 0.3) is 0 Å². The van der Waals surface area contributed by atoms with Crippen LogP contribution in [0.5, 0.6) is 0 Å². The molecule has 1 aromatic heterocycles. The standard InChI is InChI=1S/C10H10ClN3O2/c1-3-16-10(15)14-8-4-6(2)7(5-12)9(11)13-8/h4H,3H2,1-2H3,(H,13,14,15). The van der Waals surface area contributed by atoms with Gasteiger partial charge >= 0.3 is 6.09 Å². The van der Waals surface area contributed by atoms with Gasteiger partial charge in [0.1, 0.15) is 17.0 Å². The largest absolute Gasteiger partial charge is 0.450 e. The number of pyridine rings is 1. The molecule has 0 spiro atoms. The summed E-state index contributed by atoms with van der Waals surface area (Å²) in [5.41, 5.74) is 0.949. The Labute approximate surface area is 98.0 Å². The summed E-state index contributed by atoms with van der Waals surface area (Å²) in [5, 5.41) is 11.2. The van der Waals surface area contributed by atoms with E-state index in [0.717, 1.165) is 0 Å². The maximum Gasteiger partial charge on any atom is 0.412 e. The fourth-order valence-electron chi connectivity index (χ4n) is 1.10. The zero-order valence-electron chi connectivity index (χ0n) is 8.87. The first-order valence-electron chi connectivity index (χ1n) is 4.59. The van der Waals surface area contributed by atoms with Gasteiger partial charge in [-0.1, -0.05) is 11.6 Å². The number of nitrogens with zero attached hydrogens (tertiary/aromatic N) is 2. The van der Waals surface area contributed by atoms with Gasteiger partial charge in [-0.15, -0.1) is 0 Å². The molecule has 0 fully saturated rings. The molecule has 6 heteroatoms. The summed E-state index contributed by atoms with van der Waals surface area (Å²) in [7, 11) is 0. The van der Waals surface area contributed by atoms with E-state index in [1.807, 2.05) is 6.07 Å². The fourth-order valence-corrected chi connectivity index (χ4v) is 1.39. The van der Waals surface area contributed by atoms with Gasteiger partial charge in [0, 0.05) is 0 Å². The molecule has 0 aliphatic carbocycles. The first kappa shape index (κ1) is 12.3. The van der Waals surface area contributed by atoms with Crippen molar-refractivity contribution >= 4 is 23.5 Å². The molecular weight excluding hydrogens is 230 g/mol. The average molecular weight is 240 g/mol. The van der Waals surface area contributed by atoms with Crippen molar-refractivity contribution in [2.75, 3.05) is 11.9 Å². The van der Waals surface area contributed by atoms with Gasteiger partial charge in [-0.05, 0) is 25.5 Å². The molecular formula is C10H10ClN3O2. The highest BCUT2D eigenvalue weighted by Crippen LogP contribution is 2.20. The Morgan fingerprint density at radius 2 is 2.44 bits per heavy atom. The van der Waals surface area contributed by atoms with Gasteiger partial charge in [-0.2, -0.15) is 5.26 Å². The fraction of sp³-hybridized carbons (Fsp3) is 0.300. The summed E-state index contributed by atoms with van der Waals surface area (Å²) in [4.78, 5) is 15.0. The molecule has 0 atom stereocenters. The van der Waals surface area contributed by atoms with Crippen molar-refractivity contribution in [2.24, 2.45) is 0 Å². The molecule has 0 aliphatic rings. The number of amides is 1. The van der Waals surface area contributed by atoms with E-state index in [1.165, 1.54) is 0 Å². The van der Waals surface area contributed by atoms with Crippen LogP contribution in [-0.2, 0) is 4.74 Å². The average Bonchev–Trinajstić information content (AvgIpc) is 2.17. The van der Waals surface area contributed by atoms with E-state index in [-0.39, 0.29) is 17.6 Å². The normalized spacial score (nSPS) is 9.38. The Hall–Kier alpha value is -1.80. The second-order valence-corrected chi connectivity index (χ2v) is 3.31. The molecule has 0 bridgehead atoms. The number of nitrogens with one attached hydrogen (secondary N) is 1. The summed E-state index contributed by atoms with van der Waals surface area (Å²) in [6.07, 6.45) is -0.602. The van der Waals surface area contributed by atoms with Gasteiger partial charge in [0.15, 0.2) is 0 Å². The quantitative estimate of drug-likeness (QED) is 0.805. The maximum atomic E-state index is 11.1. The molecule has 16 heavy (non-hydrogen) atoms. The first-order valence-corrected chi connectivity index (χ1v) is 4.97. The van der Waals surface area contributed by atoms with Crippen LogP contribution < -0.4 is 5.32 Å². The van der Waals surface area contributed by atoms with Gasteiger partial charge in [0.05, 0.1) is 12.2 Å². The molecule has 0 saturated carbocycles. The Morgan fingerprint density at radius 3 is 2.94 bits per heavy atom. The van der Waals surface area contributed by atoms with Crippen LogP contribution in [-0.4, -0.2) is 17.7 Å². The van der Waals surface area contributed by atoms with Crippen LogP contribution >= 0.6 is 11.6 Å². The van der Waals surface area contributed by atoms with Crippen LogP contribution in [0.25, 0.3) is 0 Å². The van der Waals surface area contributed by atoms with Crippen molar-refractivity contribution in [3.63, 3.8) is 0 Å². The van der Waals surface area contributed by atoms with Crippen LogP contribution in [0.1, 0.15) is 18.1 Å². The molecule has 1 amide bonds. The third-order valence-electron chi connectivity index (χ3n) is 1.79. The third-order valence-corrected chi connectivity index (χ3v) is 2.06. The SMILES string of the molecule is CCOC(=O)Nc1cc(C)c(C#N)c(Cl)n1. The van der Waals surface area contributed by atoms with Crippen molar-refractivity contribution in [1.29, 1.82) is 5.26 Å². The number of carbonyl (C=O) groups is 1. The number of hydrogen-bond acceptors (Lipinski definition) is 4. The van der Waals surface area contributed by atoms with Crippen molar-refractivity contribution in [3.05, 3.63) is 22.3 Å². The molecule has 0 saturated heterocycles. The number of hydrogen-bond donors (Lipinski definition) is 1. The lowest BCUT2D eigenvalue weighted by atomic mass is 10.2. The summed E-state index contributed by atoms with van der Waals surface area (Å²) in [6.45, 7) is 3.68. The molecule has 1 rings (SSSR count). The molecule has 0 unspecified atom stereocenters. The van der Waals surface area contributed by atoms with E-state index in [0.29, 0.717) is 11.1 Å². The lowest BCUT2D eigenvalue weighted by Crippen LogP contribution is -2.14. The monoisotopic (exact) mass is 239 g/mol. The molecule has 0 aliphatic heterocycles. The minimum atomic E-state index is -0.602. The van der Waals surface area contributed by atoms with Gasteiger partial charge < -0.3 is 4.74 Å². The van der Waals surface area contributed by atoms with Crippen LogP contribution in [0.3, 0.4) is 0 Å². The predicted molar refractivity (Wildman–Crippen MR) is 59.3 cm³/mol. The van der Waals surface area contributed by atoms with E-state index >= 15 is 0 Å². The molecule has 1 aromatic rings. The number of carbonyl (C=O) groups excluding carboxylic acids is 1. The van der Waals surface area contributed by atoms with Crippen molar-refractivity contribution < 1.29 is 9.53 Å². The van der Waals surface area contributed by atoms with Gasteiger partial charge in [-0.25, -0.2) is 9.78 Å². The van der Waals surface area contributed by atoms with Crippen molar-refractivity contribution in [1.82, 2.24) is 4.98 Å². The van der Waals surface area contributed by atoms with Crippen molar-refractivity contribution in [3.8, 4) is 6.07 Å². The van der Waals surface area contributed by atoms with E-state index in [1.54, 1.807) is 19.9 Å². The van der Waals surface area contributed by atoms with E-state index in [9.17, 15) is 4.79 Å². The van der Waals surface area contributed by atoms with E-state index in [4.69, 9.17) is 16.9 Å². The number of aromatic nitrogens is 1. The smallest absolute Gasteiger partial charge is 0.412 e. The minimum Gasteiger partial charge on any atom is -0.450 e. The summed E-state index contributed by atoms with van der Waals surface area (Å²) >= 11 is 5.77. The molecule has 1 heterocycles. The van der Waals surface area contributed by atoms with Crippen LogP contribution in [0.4, 0.5) is 10.6 Å². The molecule has 0 aromatic carbocycles. The Morgan fingerprint density at radius 1 is 1.75 bits per heavy atom. The lowest BCUT2D eigenvalue weighted by Gasteiger charge is -2.06. The maximum absolute atomic E-state index is 11.1. The van der Waals surface area contributed by atoms with Crippen LogP contribution in [0, 0.1) is 18.3 Å². The van der Waals surface area contributed by atoms with Gasteiger partial charge in [-0.3, -0.25) is 5.32 Å². The summed E-state index contributed by atoms with van der Waals surface area (Å²) in [6, 6.07) is 3.49. The zero-order chi connectivity index (χ0) is 12.1. The van der Waals surface area contributed by atoms with Gasteiger partial charge in [0.2, 0.25) is 0 Å². The topological polar surface area (TPSA) is 75.0 Å². The number of ether oxygens (including phenoxy) is 1. The third kappa shape index (κ3) is 2.84. The molecule has 84 valence electrons. The number of aryl methyl sites for hydroxylation is 1. The number of nitriles is 1. The summed E-state index contributed by atoms with van der Waals surface area (Å²) < 4.78 is 4.68. The molecule has 0 radical (unpaired) electrons. The second-order valence-electron chi connectivity index (χ2n) is 2.95. The number of rotatable bonds is 2. The Kier molecular flexibility index (Phi) is 4.09. The first-order chi connectivity index (χ1) is 7.58. The van der Waals surface area contributed by atoms with Crippen LogP contribution in [0.2, 0.25) is 5.15 Å². The lowest BCUT2D eigenvalue weighted by molar-refractivity contribution is 0.168. The predicted octanol–water partition coefficient (Wildman–Crippen LogP) is 2.48. The number of anilines is 1. The number of halogens is 1. The molecule has 1 N–H and O–H groups in total. The van der Waals surface area contributed by atoms with E-state index in [2.05, 4.69) is 15.0 Å². The van der Waals surface area contributed by atoms with E-state index < -0.39 is 6.09 Å². The minimum absolute atomic E-state index is 0.0642. The van der Waals surface area contributed by atoms with Crippen LogP contribution in [0.15, 0.2) is 6.07 Å². The van der Waals surface area contributed by atoms with Crippen molar-refractivity contribution in [2.45, 2.75) is 13.8 Å². The summed E-state index contributed by atoms with van der Waals surface area (Å²) in [5.74, 6) is 0.264. The molecule has 5 nitrogen and oxygen atoms in total. The highest BCUT2D eigenvalue weighted by molar-refractivity contribution is 6.30. The highest BCUT2D eigenvalue weighted by atomic mass is 35.5. The second kappa shape index (κ2) is 5.33.